The van der Waals surface area contributed by atoms with Gasteiger partial charge in [-0.3, -0.25) is 4.79 Å². The number of hydrogen-bond acceptors (Lipinski definition) is 4. The van der Waals surface area contributed by atoms with E-state index in [1.54, 1.807) is 20.8 Å². The van der Waals surface area contributed by atoms with Crippen molar-refractivity contribution in [2.24, 2.45) is 0 Å². The van der Waals surface area contributed by atoms with E-state index in [4.69, 9.17) is 4.74 Å². The summed E-state index contributed by atoms with van der Waals surface area (Å²) in [5, 5.41) is 4.92. The number of carbonyl (C=O) groups is 2. The van der Waals surface area contributed by atoms with E-state index >= 15 is 0 Å². The highest BCUT2D eigenvalue weighted by atomic mass is 19.4. The number of alkyl halides is 3. The summed E-state index contributed by atoms with van der Waals surface area (Å²) >= 11 is 0. The number of ether oxygens (including phenoxy) is 2. The summed E-state index contributed by atoms with van der Waals surface area (Å²) < 4.78 is 45.1. The second kappa shape index (κ2) is 7.20. The standard InChI is InChI=1S/C16H21F3N2O4/c1-14(2,3)25-13(23)21-15(4,5)12(22)20-10-6-8-11(9-7-10)24-16(17,18)19/h6-9H,1-5H3,(H,20,22)(H,21,23). The molecule has 2 N–H and O–H groups in total. The lowest BCUT2D eigenvalue weighted by Crippen LogP contribution is -2.53. The topological polar surface area (TPSA) is 76.7 Å². The molecule has 0 aliphatic rings. The van der Waals surface area contributed by atoms with E-state index in [1.165, 1.54) is 26.0 Å². The van der Waals surface area contributed by atoms with Crippen LogP contribution in [0.1, 0.15) is 34.6 Å². The predicted octanol–water partition coefficient (Wildman–Crippen LogP) is 3.83. The first-order valence-electron chi connectivity index (χ1n) is 7.36. The summed E-state index contributed by atoms with van der Waals surface area (Å²) in [6.45, 7) is 7.99. The SMILES string of the molecule is CC(C)(C)OC(=O)NC(C)(C)C(=O)Nc1ccc(OC(F)(F)F)cc1. The third-order valence-electron chi connectivity index (χ3n) is 2.73. The zero-order valence-corrected chi connectivity index (χ0v) is 14.6. The normalized spacial score (nSPS) is 12.3. The molecule has 1 aromatic carbocycles. The van der Waals surface area contributed by atoms with E-state index in [-0.39, 0.29) is 5.69 Å². The molecule has 2 amide bonds. The quantitative estimate of drug-likeness (QED) is 0.854. The summed E-state index contributed by atoms with van der Waals surface area (Å²) in [6.07, 6.45) is -5.55. The maximum Gasteiger partial charge on any atom is 0.573 e. The summed E-state index contributed by atoms with van der Waals surface area (Å²) in [6, 6.07) is 4.64. The maximum absolute atomic E-state index is 12.3. The fourth-order valence-electron chi connectivity index (χ4n) is 1.64. The molecule has 0 aliphatic carbocycles. The first-order valence-corrected chi connectivity index (χ1v) is 7.36. The zero-order valence-electron chi connectivity index (χ0n) is 14.6. The van der Waals surface area contributed by atoms with Crippen LogP contribution in [0.4, 0.5) is 23.7 Å². The Balaban J connectivity index is 2.69. The Morgan fingerprint density at radius 3 is 1.92 bits per heavy atom. The number of rotatable bonds is 4. The molecular formula is C16H21F3N2O4. The molecule has 0 aliphatic heterocycles. The van der Waals surface area contributed by atoms with Crippen LogP contribution in [0.15, 0.2) is 24.3 Å². The molecule has 1 aromatic rings. The van der Waals surface area contributed by atoms with Crippen molar-refractivity contribution in [3.8, 4) is 5.75 Å². The average Bonchev–Trinajstić information content (AvgIpc) is 2.36. The summed E-state index contributed by atoms with van der Waals surface area (Å²) in [4.78, 5) is 24.0. The van der Waals surface area contributed by atoms with Gasteiger partial charge in [-0.1, -0.05) is 0 Å². The number of amides is 2. The van der Waals surface area contributed by atoms with Gasteiger partial charge in [0.05, 0.1) is 0 Å². The van der Waals surface area contributed by atoms with Crippen LogP contribution in [-0.2, 0) is 9.53 Å². The predicted molar refractivity (Wildman–Crippen MR) is 85.2 cm³/mol. The molecule has 0 fully saturated rings. The highest BCUT2D eigenvalue weighted by Crippen LogP contribution is 2.24. The smallest absolute Gasteiger partial charge is 0.444 e. The highest BCUT2D eigenvalue weighted by molar-refractivity contribution is 5.99. The number of halogens is 3. The van der Waals surface area contributed by atoms with Crippen molar-refractivity contribution in [1.29, 1.82) is 0 Å². The number of anilines is 1. The lowest BCUT2D eigenvalue weighted by Gasteiger charge is -2.27. The van der Waals surface area contributed by atoms with Gasteiger partial charge in [-0.2, -0.15) is 0 Å². The van der Waals surface area contributed by atoms with Gasteiger partial charge in [-0.15, -0.1) is 13.2 Å². The molecule has 0 saturated carbocycles. The molecule has 0 heterocycles. The van der Waals surface area contributed by atoms with Gasteiger partial charge in [-0.25, -0.2) is 4.79 Å². The highest BCUT2D eigenvalue weighted by Gasteiger charge is 2.32. The second-order valence-electron chi connectivity index (χ2n) is 6.78. The number of alkyl carbamates (subject to hydrolysis) is 1. The first kappa shape index (κ1) is 20.6. The lowest BCUT2D eigenvalue weighted by molar-refractivity contribution is -0.274. The van der Waals surface area contributed by atoms with Gasteiger partial charge in [0.15, 0.2) is 0 Å². The number of hydrogen-bond donors (Lipinski definition) is 2. The van der Waals surface area contributed by atoms with Crippen LogP contribution in [0.25, 0.3) is 0 Å². The van der Waals surface area contributed by atoms with Crippen LogP contribution < -0.4 is 15.4 Å². The number of nitrogens with one attached hydrogen (secondary N) is 2. The third kappa shape index (κ3) is 7.77. The Hall–Kier alpha value is -2.45. The molecule has 0 unspecified atom stereocenters. The van der Waals surface area contributed by atoms with Crippen molar-refractivity contribution < 1.29 is 32.2 Å². The van der Waals surface area contributed by atoms with Crippen LogP contribution in [0, 0.1) is 0 Å². The van der Waals surface area contributed by atoms with Gasteiger partial charge in [0.2, 0.25) is 5.91 Å². The van der Waals surface area contributed by atoms with Crippen molar-refractivity contribution >= 4 is 17.7 Å². The van der Waals surface area contributed by atoms with E-state index < -0.39 is 35.3 Å². The summed E-state index contributed by atoms with van der Waals surface area (Å²) in [7, 11) is 0. The van der Waals surface area contributed by atoms with Crippen LogP contribution in [-0.4, -0.2) is 29.5 Å². The molecule has 0 radical (unpaired) electrons. The van der Waals surface area contributed by atoms with E-state index in [0.29, 0.717) is 0 Å². The summed E-state index contributed by atoms with van der Waals surface area (Å²) in [5.41, 5.74) is -1.77. The van der Waals surface area contributed by atoms with Crippen molar-refractivity contribution in [3.63, 3.8) is 0 Å². The molecule has 9 heteroatoms. The van der Waals surface area contributed by atoms with Crippen molar-refractivity contribution in [2.45, 2.75) is 52.1 Å². The molecule has 25 heavy (non-hydrogen) atoms. The second-order valence-corrected chi connectivity index (χ2v) is 6.78. The van der Waals surface area contributed by atoms with Crippen LogP contribution in [0.2, 0.25) is 0 Å². The summed E-state index contributed by atoms with van der Waals surface area (Å²) in [5.74, 6) is -0.973. The van der Waals surface area contributed by atoms with E-state index in [2.05, 4.69) is 15.4 Å². The lowest BCUT2D eigenvalue weighted by atomic mass is 10.0. The number of carbonyl (C=O) groups excluding carboxylic acids is 2. The largest absolute Gasteiger partial charge is 0.573 e. The Labute approximate surface area is 143 Å². The van der Waals surface area contributed by atoms with Gasteiger partial charge in [0.1, 0.15) is 16.9 Å². The third-order valence-corrected chi connectivity index (χ3v) is 2.73. The minimum atomic E-state index is -4.79. The van der Waals surface area contributed by atoms with Crippen LogP contribution in [0.5, 0.6) is 5.75 Å². The van der Waals surface area contributed by atoms with E-state index in [1.807, 2.05) is 0 Å². The molecular weight excluding hydrogens is 341 g/mol. The van der Waals surface area contributed by atoms with Crippen molar-refractivity contribution in [1.82, 2.24) is 5.32 Å². The molecule has 0 aromatic heterocycles. The molecule has 140 valence electrons. The first-order chi connectivity index (χ1) is 11.2. The van der Waals surface area contributed by atoms with Crippen molar-refractivity contribution in [2.75, 3.05) is 5.32 Å². The Morgan fingerprint density at radius 2 is 1.48 bits per heavy atom. The van der Waals surface area contributed by atoms with Crippen LogP contribution in [0.3, 0.4) is 0 Å². The minimum Gasteiger partial charge on any atom is -0.444 e. The van der Waals surface area contributed by atoms with Gasteiger partial charge in [-0.05, 0) is 58.9 Å². The molecule has 0 atom stereocenters. The van der Waals surface area contributed by atoms with E-state index in [9.17, 15) is 22.8 Å². The van der Waals surface area contributed by atoms with Gasteiger partial charge >= 0.3 is 12.5 Å². The fraction of sp³-hybridized carbons (Fsp3) is 0.500. The fourth-order valence-corrected chi connectivity index (χ4v) is 1.64. The Bertz CT molecular complexity index is 620. The van der Waals surface area contributed by atoms with E-state index in [0.717, 1.165) is 12.1 Å². The Morgan fingerprint density at radius 1 is 0.960 bits per heavy atom. The molecule has 0 bridgehead atoms. The van der Waals surface area contributed by atoms with Gasteiger partial charge < -0.3 is 20.1 Å². The molecule has 6 nitrogen and oxygen atoms in total. The molecule has 1 rings (SSSR count). The molecule has 0 saturated heterocycles. The average molecular weight is 362 g/mol. The van der Waals surface area contributed by atoms with Gasteiger partial charge in [0.25, 0.3) is 0 Å². The Kier molecular flexibility index (Phi) is 5.93. The zero-order chi connectivity index (χ0) is 19.5. The van der Waals surface area contributed by atoms with Crippen LogP contribution >= 0.6 is 0 Å². The maximum atomic E-state index is 12.3. The van der Waals surface area contributed by atoms with Crippen molar-refractivity contribution in [3.05, 3.63) is 24.3 Å². The minimum absolute atomic E-state index is 0.249. The number of benzene rings is 1. The molecule has 0 spiro atoms. The monoisotopic (exact) mass is 362 g/mol. The van der Waals surface area contributed by atoms with Gasteiger partial charge in [0, 0.05) is 5.69 Å².